The third-order valence-electron chi connectivity index (χ3n) is 2.95. The van der Waals surface area contributed by atoms with Crippen LogP contribution in [0.15, 0.2) is 24.3 Å². The van der Waals surface area contributed by atoms with Gasteiger partial charge in [-0.3, -0.25) is 0 Å². The average molecular weight is 357 g/mol. The van der Waals surface area contributed by atoms with Crippen LogP contribution in [0.2, 0.25) is 0 Å². The number of aryl methyl sites for hydroxylation is 1. The maximum Gasteiger partial charge on any atom is 1.00 e. The molecule has 0 spiro atoms. The van der Waals surface area contributed by atoms with Crippen molar-refractivity contribution in [2.24, 2.45) is 0 Å². The zero-order valence-electron chi connectivity index (χ0n) is 13.1. The number of sulfone groups is 1. The normalized spacial score (nSPS) is 11.8. The Hall–Kier alpha value is -0.120. The van der Waals surface area contributed by atoms with E-state index in [1.807, 2.05) is 43.0 Å². The number of hydrogen-bond donors (Lipinski definition) is 1. The fourth-order valence-electron chi connectivity index (χ4n) is 1.82. The first-order valence-corrected chi connectivity index (χ1v) is 9.78. The van der Waals surface area contributed by atoms with Gasteiger partial charge in [0, 0.05) is 18.8 Å². The Morgan fingerprint density at radius 1 is 1.23 bits per heavy atom. The molecular weight excluding hydrogens is 337 g/mol. The quantitative estimate of drug-likeness (QED) is 0.338. The third kappa shape index (κ3) is 8.50. The van der Waals surface area contributed by atoms with Crippen LogP contribution in [0, 0.1) is 12.7 Å². The van der Waals surface area contributed by atoms with Gasteiger partial charge in [-0.15, -0.1) is 0 Å². The summed E-state index contributed by atoms with van der Waals surface area (Å²) >= 11 is 0. The molecule has 0 fully saturated rings. The Labute approximate surface area is 154 Å². The van der Waals surface area contributed by atoms with E-state index in [2.05, 4.69) is 0 Å². The predicted octanol–water partition coefficient (Wildman–Crippen LogP) is -1.71. The molecule has 6 nitrogen and oxygen atoms in total. The number of rotatable bonds is 8. The Kier molecular flexibility index (Phi) is 9.19. The minimum atomic E-state index is -4.38. The summed E-state index contributed by atoms with van der Waals surface area (Å²) in [6.07, 6.45) is 0. The van der Waals surface area contributed by atoms with Gasteiger partial charge in [0.1, 0.15) is 20.0 Å². The van der Waals surface area contributed by atoms with Crippen LogP contribution in [-0.4, -0.2) is 46.0 Å². The van der Waals surface area contributed by atoms with Gasteiger partial charge in [0.2, 0.25) is 0 Å². The zero-order valence-corrected chi connectivity index (χ0v) is 16.7. The van der Waals surface area contributed by atoms with Crippen molar-refractivity contribution in [3.63, 3.8) is 0 Å². The molecule has 0 saturated heterocycles. The molecule has 1 aromatic carbocycles. The molecule has 0 aliphatic carbocycles. The van der Waals surface area contributed by atoms with Gasteiger partial charge in [-0.25, -0.2) is 16.8 Å². The standard InChI is InChI=1S/C13H20NO5S2.Na/c1-3-14(13-6-4-5-12(2)11-13)7-8-20(15,16)9-10-21(17,18)19;/h4-6,10-11H,3,7-9H2,1-2H3,(H,17,18,19);/q-1;+1. The average Bonchev–Trinajstić information content (AvgIpc) is 2.37. The van der Waals surface area contributed by atoms with Crippen molar-refractivity contribution in [1.29, 1.82) is 0 Å². The van der Waals surface area contributed by atoms with E-state index in [-0.39, 0.29) is 41.9 Å². The molecule has 0 atom stereocenters. The molecule has 1 rings (SSSR count). The minimum absolute atomic E-state index is 0. The molecule has 0 aliphatic heterocycles. The molecule has 0 radical (unpaired) electrons. The van der Waals surface area contributed by atoms with Crippen molar-refractivity contribution in [2.45, 2.75) is 13.8 Å². The van der Waals surface area contributed by atoms with Crippen molar-refractivity contribution >= 4 is 25.6 Å². The molecular formula is C13H20NNaO5S2. The van der Waals surface area contributed by atoms with Crippen LogP contribution in [0.5, 0.6) is 0 Å². The Balaban J connectivity index is 0.00000441. The first kappa shape index (κ1) is 21.9. The molecule has 22 heavy (non-hydrogen) atoms. The second kappa shape index (κ2) is 9.24. The second-order valence-electron chi connectivity index (χ2n) is 4.71. The molecule has 9 heteroatoms. The van der Waals surface area contributed by atoms with Crippen LogP contribution in [0.1, 0.15) is 12.5 Å². The van der Waals surface area contributed by atoms with Gasteiger partial charge in [-0.1, -0.05) is 17.9 Å². The summed E-state index contributed by atoms with van der Waals surface area (Å²) in [6.45, 7) is 4.77. The van der Waals surface area contributed by atoms with Crippen molar-refractivity contribution in [2.75, 3.05) is 29.5 Å². The number of nitrogens with zero attached hydrogens (tertiary/aromatic N) is 1. The SMILES string of the molecule is CCN(CCS(=O)(=O)C[CH-]S(=O)(=O)O)c1cccc(C)c1.[Na+]. The summed E-state index contributed by atoms with van der Waals surface area (Å²) in [6, 6.07) is 7.71. The van der Waals surface area contributed by atoms with Gasteiger partial charge in [0.15, 0.2) is 0 Å². The van der Waals surface area contributed by atoms with E-state index >= 15 is 0 Å². The molecule has 0 bridgehead atoms. The molecule has 0 aliphatic rings. The van der Waals surface area contributed by atoms with Crippen LogP contribution in [0.25, 0.3) is 0 Å². The van der Waals surface area contributed by atoms with Crippen LogP contribution < -0.4 is 34.5 Å². The summed E-state index contributed by atoms with van der Waals surface area (Å²) in [5.41, 5.74) is 2.00. The van der Waals surface area contributed by atoms with Crippen molar-refractivity contribution in [1.82, 2.24) is 0 Å². The maximum atomic E-state index is 11.8. The van der Waals surface area contributed by atoms with Gasteiger partial charge in [0.05, 0.1) is 5.75 Å². The Morgan fingerprint density at radius 2 is 1.86 bits per heavy atom. The topological polar surface area (TPSA) is 91.8 Å². The van der Waals surface area contributed by atoms with Gasteiger partial charge < -0.3 is 9.45 Å². The fourth-order valence-corrected chi connectivity index (χ4v) is 4.00. The molecule has 1 aromatic rings. The first-order valence-electron chi connectivity index (χ1n) is 6.46. The van der Waals surface area contributed by atoms with Crippen LogP contribution in [-0.2, 0) is 20.0 Å². The van der Waals surface area contributed by atoms with E-state index in [4.69, 9.17) is 4.55 Å². The summed E-state index contributed by atoms with van der Waals surface area (Å²) < 4.78 is 53.2. The monoisotopic (exact) mass is 357 g/mol. The van der Waals surface area contributed by atoms with Gasteiger partial charge in [-0.05, 0) is 31.5 Å². The minimum Gasteiger partial charge on any atom is -0.371 e. The predicted molar refractivity (Wildman–Crippen MR) is 83.6 cm³/mol. The van der Waals surface area contributed by atoms with E-state index in [0.29, 0.717) is 12.3 Å². The zero-order chi connectivity index (χ0) is 16.1. The number of hydrogen-bond acceptors (Lipinski definition) is 5. The Morgan fingerprint density at radius 3 is 2.36 bits per heavy atom. The van der Waals surface area contributed by atoms with Gasteiger partial charge in [0.25, 0.3) is 0 Å². The molecule has 0 heterocycles. The van der Waals surface area contributed by atoms with Crippen LogP contribution in [0.3, 0.4) is 0 Å². The molecule has 0 saturated carbocycles. The van der Waals surface area contributed by atoms with Crippen LogP contribution in [0.4, 0.5) is 5.69 Å². The van der Waals surface area contributed by atoms with Crippen LogP contribution >= 0.6 is 0 Å². The van der Waals surface area contributed by atoms with Crippen molar-refractivity contribution in [3.05, 3.63) is 35.6 Å². The summed E-state index contributed by atoms with van der Waals surface area (Å²) in [4.78, 5) is 1.90. The van der Waals surface area contributed by atoms with E-state index in [1.165, 1.54) is 0 Å². The van der Waals surface area contributed by atoms with Gasteiger partial charge >= 0.3 is 29.6 Å². The summed E-state index contributed by atoms with van der Waals surface area (Å²) in [7, 11) is -7.95. The van der Waals surface area contributed by atoms with Gasteiger partial charge in [-0.2, -0.15) is 5.75 Å². The molecule has 120 valence electrons. The fraction of sp³-hybridized carbons (Fsp3) is 0.462. The first-order chi connectivity index (χ1) is 9.63. The third-order valence-corrected chi connectivity index (χ3v) is 5.23. The maximum absolute atomic E-state index is 11.8. The molecule has 1 N–H and O–H groups in total. The number of anilines is 1. The van der Waals surface area contributed by atoms with E-state index in [0.717, 1.165) is 11.3 Å². The molecule has 0 aromatic heterocycles. The summed E-state index contributed by atoms with van der Waals surface area (Å²) in [5.74, 6) is -0.455. The Bertz CT molecular complexity index is 673. The molecule has 0 amide bonds. The largest absolute Gasteiger partial charge is 1.00 e. The second-order valence-corrected chi connectivity index (χ2v) is 8.31. The number of benzene rings is 1. The smallest absolute Gasteiger partial charge is 0.371 e. The van der Waals surface area contributed by atoms with Crippen molar-refractivity contribution in [3.8, 4) is 0 Å². The summed E-state index contributed by atoms with van der Waals surface area (Å²) in [5, 5.41) is 0. The molecule has 0 unspecified atom stereocenters. The van der Waals surface area contributed by atoms with E-state index in [9.17, 15) is 16.8 Å². The van der Waals surface area contributed by atoms with Crippen molar-refractivity contribution < 1.29 is 50.9 Å². The van der Waals surface area contributed by atoms with E-state index in [1.54, 1.807) is 0 Å². The van der Waals surface area contributed by atoms with E-state index < -0.39 is 25.7 Å².